The van der Waals surface area contributed by atoms with E-state index in [4.69, 9.17) is 11.6 Å². The molecule has 0 saturated carbocycles. The van der Waals surface area contributed by atoms with E-state index >= 15 is 0 Å². The Morgan fingerprint density at radius 2 is 1.90 bits per heavy atom. The number of unbranched alkanes of at least 4 members (excludes halogenated alkanes) is 1. The summed E-state index contributed by atoms with van der Waals surface area (Å²) >= 11 is 6.19. The van der Waals surface area contributed by atoms with Crippen LogP contribution in [0.2, 0.25) is 5.02 Å². The summed E-state index contributed by atoms with van der Waals surface area (Å²) in [5.41, 5.74) is 2.71. The Morgan fingerprint density at radius 3 is 2.45 bits per heavy atom. The fraction of sp³-hybridized carbons (Fsp3) is 0.647. The normalized spacial score (nSPS) is 11.7. The van der Waals surface area contributed by atoms with Crippen LogP contribution in [0.4, 0.5) is 5.69 Å². The van der Waals surface area contributed by atoms with Gasteiger partial charge in [0.05, 0.1) is 0 Å². The van der Waals surface area contributed by atoms with Gasteiger partial charge in [-0.15, -0.1) is 0 Å². The molecule has 0 radical (unpaired) electrons. The molecule has 0 bridgehead atoms. The first-order valence-electron chi connectivity index (χ1n) is 7.65. The maximum atomic E-state index is 6.19. The third-order valence-corrected chi connectivity index (χ3v) is 3.60. The number of halogens is 1. The van der Waals surface area contributed by atoms with Crippen LogP contribution in [-0.4, -0.2) is 18.6 Å². The van der Waals surface area contributed by atoms with Gasteiger partial charge < -0.3 is 10.2 Å². The summed E-state index contributed by atoms with van der Waals surface area (Å²) in [5, 5.41) is 4.38. The summed E-state index contributed by atoms with van der Waals surface area (Å²) in [5.74, 6) is 0. The number of hydrogen-bond donors (Lipinski definition) is 1. The van der Waals surface area contributed by atoms with Gasteiger partial charge in [0, 0.05) is 35.9 Å². The van der Waals surface area contributed by atoms with E-state index in [9.17, 15) is 0 Å². The summed E-state index contributed by atoms with van der Waals surface area (Å²) in [4.78, 5) is 2.43. The highest BCUT2D eigenvalue weighted by Crippen LogP contribution is 2.26. The molecule has 0 aromatic heterocycles. The topological polar surface area (TPSA) is 15.3 Å². The van der Waals surface area contributed by atoms with Crippen molar-refractivity contribution in [2.45, 2.75) is 59.5 Å². The summed E-state index contributed by atoms with van der Waals surface area (Å²) in [7, 11) is 0. The molecule has 0 atom stereocenters. The molecule has 20 heavy (non-hydrogen) atoms. The first kappa shape index (κ1) is 17.3. The predicted molar refractivity (Wildman–Crippen MR) is 90.8 cm³/mol. The SMILES string of the molecule is CCCCN(CC)c1cc(Cl)ccc1CNC(C)(C)C. The van der Waals surface area contributed by atoms with E-state index in [1.54, 1.807) is 0 Å². The van der Waals surface area contributed by atoms with E-state index in [1.165, 1.54) is 24.1 Å². The van der Waals surface area contributed by atoms with Gasteiger partial charge in [-0.3, -0.25) is 0 Å². The van der Waals surface area contributed by atoms with Gasteiger partial charge in [-0.1, -0.05) is 31.0 Å². The molecule has 3 heteroatoms. The molecule has 0 aliphatic heterocycles. The van der Waals surface area contributed by atoms with Crippen LogP contribution in [0.25, 0.3) is 0 Å². The van der Waals surface area contributed by atoms with E-state index in [-0.39, 0.29) is 5.54 Å². The first-order chi connectivity index (χ1) is 9.37. The Morgan fingerprint density at radius 1 is 1.20 bits per heavy atom. The Hall–Kier alpha value is -0.730. The van der Waals surface area contributed by atoms with Crippen molar-refractivity contribution in [3.8, 4) is 0 Å². The van der Waals surface area contributed by atoms with Gasteiger partial charge in [0.2, 0.25) is 0 Å². The average molecular weight is 297 g/mol. The minimum atomic E-state index is 0.122. The van der Waals surface area contributed by atoms with E-state index in [2.05, 4.69) is 57.0 Å². The number of hydrogen-bond acceptors (Lipinski definition) is 2. The Balaban J connectivity index is 2.93. The minimum absolute atomic E-state index is 0.122. The van der Waals surface area contributed by atoms with Crippen LogP contribution in [-0.2, 0) is 6.54 Å². The van der Waals surface area contributed by atoms with E-state index in [1.807, 2.05) is 6.07 Å². The van der Waals surface area contributed by atoms with E-state index in [0.717, 1.165) is 24.7 Å². The lowest BCUT2D eigenvalue weighted by Crippen LogP contribution is -2.36. The fourth-order valence-corrected chi connectivity index (χ4v) is 2.31. The van der Waals surface area contributed by atoms with Crippen molar-refractivity contribution in [2.75, 3.05) is 18.0 Å². The molecule has 0 fully saturated rings. The number of nitrogens with one attached hydrogen (secondary N) is 1. The van der Waals surface area contributed by atoms with Crippen molar-refractivity contribution >= 4 is 17.3 Å². The zero-order chi connectivity index (χ0) is 15.2. The number of nitrogens with zero attached hydrogens (tertiary/aromatic N) is 1. The lowest BCUT2D eigenvalue weighted by atomic mass is 10.1. The van der Waals surface area contributed by atoms with Crippen molar-refractivity contribution in [1.82, 2.24) is 5.32 Å². The van der Waals surface area contributed by atoms with Crippen LogP contribution in [0.1, 0.15) is 53.0 Å². The monoisotopic (exact) mass is 296 g/mol. The second kappa shape index (κ2) is 7.90. The van der Waals surface area contributed by atoms with Crippen molar-refractivity contribution in [2.24, 2.45) is 0 Å². The van der Waals surface area contributed by atoms with Crippen molar-refractivity contribution in [3.63, 3.8) is 0 Å². The van der Waals surface area contributed by atoms with E-state index < -0.39 is 0 Å². The largest absolute Gasteiger partial charge is 0.372 e. The lowest BCUT2D eigenvalue weighted by Gasteiger charge is -2.28. The predicted octanol–water partition coefficient (Wildman–Crippen LogP) is 4.85. The van der Waals surface area contributed by atoms with Crippen LogP contribution in [0.15, 0.2) is 18.2 Å². The third-order valence-electron chi connectivity index (χ3n) is 3.36. The molecule has 0 aliphatic rings. The molecule has 0 spiro atoms. The maximum absolute atomic E-state index is 6.19. The van der Waals surface area contributed by atoms with E-state index in [0.29, 0.717) is 0 Å². The van der Waals surface area contributed by atoms with Gasteiger partial charge >= 0.3 is 0 Å². The third kappa shape index (κ3) is 5.72. The van der Waals surface area contributed by atoms with Gasteiger partial charge in [-0.2, -0.15) is 0 Å². The molecule has 114 valence electrons. The Labute approximate surface area is 129 Å². The number of rotatable bonds is 7. The molecule has 2 nitrogen and oxygen atoms in total. The van der Waals surface area contributed by atoms with Gasteiger partial charge in [0.25, 0.3) is 0 Å². The van der Waals surface area contributed by atoms with Gasteiger partial charge in [-0.25, -0.2) is 0 Å². The smallest absolute Gasteiger partial charge is 0.0426 e. The molecule has 0 aliphatic carbocycles. The highest BCUT2D eigenvalue weighted by atomic mass is 35.5. The van der Waals surface area contributed by atoms with Crippen LogP contribution in [0.5, 0.6) is 0 Å². The second-order valence-electron chi connectivity index (χ2n) is 6.31. The second-order valence-corrected chi connectivity index (χ2v) is 6.75. The van der Waals surface area contributed by atoms with Crippen LogP contribution >= 0.6 is 11.6 Å². The lowest BCUT2D eigenvalue weighted by molar-refractivity contribution is 0.424. The highest BCUT2D eigenvalue weighted by molar-refractivity contribution is 6.30. The van der Waals surface area contributed by atoms with Gasteiger partial charge in [0.15, 0.2) is 0 Å². The van der Waals surface area contributed by atoms with Crippen molar-refractivity contribution < 1.29 is 0 Å². The van der Waals surface area contributed by atoms with Crippen LogP contribution in [0.3, 0.4) is 0 Å². The van der Waals surface area contributed by atoms with Gasteiger partial charge in [-0.05, 0) is 51.8 Å². The molecule has 0 unspecified atom stereocenters. The molecule has 1 N–H and O–H groups in total. The average Bonchev–Trinajstić information content (AvgIpc) is 2.37. The molecule has 1 rings (SSSR count). The molecule has 0 saturated heterocycles. The fourth-order valence-electron chi connectivity index (χ4n) is 2.14. The number of benzene rings is 1. The highest BCUT2D eigenvalue weighted by Gasteiger charge is 2.13. The zero-order valence-electron chi connectivity index (χ0n) is 13.6. The van der Waals surface area contributed by atoms with Crippen molar-refractivity contribution in [1.29, 1.82) is 0 Å². The molecule has 1 aromatic carbocycles. The van der Waals surface area contributed by atoms with Crippen molar-refractivity contribution in [3.05, 3.63) is 28.8 Å². The first-order valence-corrected chi connectivity index (χ1v) is 8.03. The summed E-state index contributed by atoms with van der Waals surface area (Å²) < 4.78 is 0. The maximum Gasteiger partial charge on any atom is 0.0426 e. The molecular formula is C17H29ClN2. The van der Waals surface area contributed by atoms with Gasteiger partial charge in [0.1, 0.15) is 0 Å². The zero-order valence-corrected chi connectivity index (χ0v) is 14.3. The molecule has 1 aromatic rings. The summed E-state index contributed by atoms with van der Waals surface area (Å²) in [6.07, 6.45) is 2.43. The Bertz CT molecular complexity index is 410. The standard InChI is InChI=1S/C17H29ClN2/c1-6-8-11-20(7-2)16-12-15(18)10-9-14(16)13-19-17(3,4)5/h9-10,12,19H,6-8,11,13H2,1-5H3. The Kier molecular flexibility index (Phi) is 6.84. The van der Waals surface area contributed by atoms with Crippen LogP contribution < -0.4 is 10.2 Å². The molecular weight excluding hydrogens is 268 g/mol. The minimum Gasteiger partial charge on any atom is -0.372 e. The molecule has 0 amide bonds. The quantitative estimate of drug-likeness (QED) is 0.773. The van der Waals surface area contributed by atoms with Crippen LogP contribution in [0, 0.1) is 0 Å². The molecule has 0 heterocycles. The number of anilines is 1. The summed E-state index contributed by atoms with van der Waals surface area (Å²) in [6.45, 7) is 14.0. The summed E-state index contributed by atoms with van der Waals surface area (Å²) in [6, 6.07) is 6.23.